The summed E-state index contributed by atoms with van der Waals surface area (Å²) in [7, 11) is -3.70. The van der Waals surface area contributed by atoms with Crippen LogP contribution < -0.4 is 5.73 Å². The van der Waals surface area contributed by atoms with Crippen LogP contribution in [-0.2, 0) is 16.4 Å². The number of benzene rings is 1. The van der Waals surface area contributed by atoms with Crippen LogP contribution in [0.25, 0.3) is 0 Å². The van der Waals surface area contributed by atoms with Gasteiger partial charge < -0.3 is 5.73 Å². The summed E-state index contributed by atoms with van der Waals surface area (Å²) in [4.78, 5) is 0.0469. The number of sulfonamides is 1. The maximum Gasteiger partial charge on any atom is 0.245 e. The molecular formula is C14H16Cl2N2O2S2. The summed E-state index contributed by atoms with van der Waals surface area (Å²) < 4.78 is 27.3. The van der Waals surface area contributed by atoms with Crippen molar-refractivity contribution in [1.29, 1.82) is 0 Å². The predicted octanol–water partition coefficient (Wildman–Crippen LogP) is 3.25. The van der Waals surface area contributed by atoms with Gasteiger partial charge in [0.25, 0.3) is 0 Å². The van der Waals surface area contributed by atoms with Crippen molar-refractivity contribution in [2.24, 2.45) is 5.73 Å². The Kier molecular flexibility index (Phi) is 6.26. The quantitative estimate of drug-likeness (QED) is 0.803. The number of halogens is 2. The van der Waals surface area contributed by atoms with E-state index in [1.807, 2.05) is 30.3 Å². The third-order valence-electron chi connectivity index (χ3n) is 3.11. The number of hydrogen-bond acceptors (Lipinski definition) is 4. The Morgan fingerprint density at radius 3 is 2.36 bits per heavy atom. The molecule has 0 saturated heterocycles. The third-order valence-corrected chi connectivity index (χ3v) is 6.77. The first-order chi connectivity index (χ1) is 10.4. The highest BCUT2D eigenvalue weighted by Gasteiger charge is 2.27. The van der Waals surface area contributed by atoms with Gasteiger partial charge in [0.15, 0.2) is 0 Å². The van der Waals surface area contributed by atoms with Crippen molar-refractivity contribution in [3.05, 3.63) is 50.6 Å². The molecule has 120 valence electrons. The summed E-state index contributed by atoms with van der Waals surface area (Å²) in [5, 5.41) is 0. The Morgan fingerprint density at radius 1 is 1.14 bits per heavy atom. The maximum atomic E-state index is 12.7. The lowest BCUT2D eigenvalue weighted by Crippen LogP contribution is -2.36. The van der Waals surface area contributed by atoms with Crippen molar-refractivity contribution in [3.8, 4) is 0 Å². The molecule has 0 aliphatic heterocycles. The zero-order valence-corrected chi connectivity index (χ0v) is 14.9. The fourth-order valence-electron chi connectivity index (χ4n) is 2.03. The van der Waals surface area contributed by atoms with E-state index in [4.69, 9.17) is 28.9 Å². The number of hydrogen-bond donors (Lipinski definition) is 1. The number of nitrogens with two attached hydrogens (primary N) is 1. The lowest BCUT2D eigenvalue weighted by Gasteiger charge is -2.21. The molecule has 0 radical (unpaired) electrons. The van der Waals surface area contributed by atoms with Crippen LogP contribution in [0, 0.1) is 0 Å². The molecule has 0 fully saturated rings. The molecule has 1 aromatic heterocycles. The zero-order chi connectivity index (χ0) is 16.2. The van der Waals surface area contributed by atoms with Gasteiger partial charge in [-0.2, -0.15) is 4.31 Å². The minimum absolute atomic E-state index is 0.0469. The van der Waals surface area contributed by atoms with Crippen molar-refractivity contribution in [2.45, 2.75) is 11.3 Å². The average Bonchev–Trinajstić information content (AvgIpc) is 2.84. The number of nitrogens with zero attached hydrogens (tertiary/aromatic N) is 1. The van der Waals surface area contributed by atoms with Gasteiger partial charge in [-0.15, -0.1) is 11.3 Å². The second-order valence-corrected chi connectivity index (χ2v) is 8.81. The molecule has 4 nitrogen and oxygen atoms in total. The largest absolute Gasteiger partial charge is 0.329 e. The summed E-state index contributed by atoms with van der Waals surface area (Å²) in [6.45, 7) is 0.815. The first-order valence-electron chi connectivity index (χ1n) is 6.64. The molecule has 0 spiro atoms. The first kappa shape index (κ1) is 17.7. The van der Waals surface area contributed by atoms with Crippen LogP contribution in [0.5, 0.6) is 0 Å². The van der Waals surface area contributed by atoms with E-state index in [-0.39, 0.29) is 22.3 Å². The minimum atomic E-state index is -3.70. The fraction of sp³-hybridized carbons (Fsp3) is 0.286. The summed E-state index contributed by atoms with van der Waals surface area (Å²) in [6.07, 6.45) is 0.607. The number of thiophene rings is 1. The van der Waals surface area contributed by atoms with Gasteiger partial charge in [-0.25, -0.2) is 8.42 Å². The van der Waals surface area contributed by atoms with E-state index in [2.05, 4.69) is 0 Å². The molecule has 0 aliphatic rings. The Morgan fingerprint density at radius 2 is 1.82 bits per heavy atom. The second kappa shape index (κ2) is 7.77. The molecule has 2 aromatic rings. The monoisotopic (exact) mass is 378 g/mol. The molecule has 1 heterocycles. The van der Waals surface area contributed by atoms with Crippen LogP contribution in [0.2, 0.25) is 8.67 Å². The van der Waals surface area contributed by atoms with E-state index in [1.165, 1.54) is 10.4 Å². The minimum Gasteiger partial charge on any atom is -0.329 e. The fourth-order valence-corrected chi connectivity index (χ4v) is 5.60. The van der Waals surface area contributed by atoms with Crippen molar-refractivity contribution >= 4 is 44.6 Å². The van der Waals surface area contributed by atoms with Crippen LogP contribution >= 0.6 is 34.5 Å². The molecule has 2 N–H and O–H groups in total. The SMILES string of the molecule is NCCN(CCc1ccccc1)S(=O)(=O)c1cc(Cl)sc1Cl. The highest BCUT2D eigenvalue weighted by Crippen LogP contribution is 2.35. The second-order valence-electron chi connectivity index (χ2n) is 4.62. The Hall–Kier alpha value is -0.630. The molecular weight excluding hydrogens is 363 g/mol. The highest BCUT2D eigenvalue weighted by atomic mass is 35.5. The van der Waals surface area contributed by atoms with Crippen molar-refractivity contribution < 1.29 is 8.42 Å². The molecule has 0 unspecified atom stereocenters. The Labute approximate surface area is 144 Å². The molecule has 22 heavy (non-hydrogen) atoms. The molecule has 0 amide bonds. The van der Waals surface area contributed by atoms with Crippen molar-refractivity contribution in [1.82, 2.24) is 4.31 Å². The highest BCUT2D eigenvalue weighted by molar-refractivity contribution is 7.89. The van der Waals surface area contributed by atoms with Gasteiger partial charge in [0.1, 0.15) is 9.23 Å². The third kappa shape index (κ3) is 4.22. The molecule has 2 rings (SSSR count). The summed E-state index contributed by atoms with van der Waals surface area (Å²) >= 11 is 12.9. The molecule has 0 aliphatic carbocycles. The smallest absolute Gasteiger partial charge is 0.245 e. The molecule has 1 aromatic carbocycles. The van der Waals surface area contributed by atoms with Gasteiger partial charge in [0.2, 0.25) is 10.0 Å². The van der Waals surface area contributed by atoms with Gasteiger partial charge in [0.05, 0.1) is 4.34 Å². The van der Waals surface area contributed by atoms with Gasteiger partial charge >= 0.3 is 0 Å². The average molecular weight is 379 g/mol. The van der Waals surface area contributed by atoms with Crippen LogP contribution in [0.3, 0.4) is 0 Å². The molecule has 0 bridgehead atoms. The van der Waals surface area contributed by atoms with E-state index in [0.29, 0.717) is 17.3 Å². The summed E-state index contributed by atoms with van der Waals surface area (Å²) in [6, 6.07) is 11.1. The van der Waals surface area contributed by atoms with Crippen LogP contribution in [0.15, 0.2) is 41.3 Å². The number of rotatable bonds is 7. The van der Waals surface area contributed by atoms with Crippen molar-refractivity contribution in [2.75, 3.05) is 19.6 Å². The van der Waals surface area contributed by atoms with E-state index < -0.39 is 10.0 Å². The van der Waals surface area contributed by atoms with Crippen molar-refractivity contribution in [3.63, 3.8) is 0 Å². The summed E-state index contributed by atoms with van der Waals surface area (Å²) in [5.41, 5.74) is 6.62. The standard InChI is InChI=1S/C14H16Cl2N2O2S2/c15-13-10-12(14(16)21-13)22(19,20)18(9-7-17)8-6-11-4-2-1-3-5-11/h1-5,10H,6-9,17H2. The lowest BCUT2D eigenvalue weighted by atomic mass is 10.1. The van der Waals surface area contributed by atoms with Gasteiger partial charge in [-0.3, -0.25) is 0 Å². The van der Waals surface area contributed by atoms with Gasteiger partial charge in [0, 0.05) is 19.6 Å². The van der Waals surface area contributed by atoms with Crippen LogP contribution in [0.4, 0.5) is 0 Å². The van der Waals surface area contributed by atoms with E-state index in [1.54, 1.807) is 0 Å². The van der Waals surface area contributed by atoms with Gasteiger partial charge in [-0.05, 0) is 18.1 Å². The zero-order valence-electron chi connectivity index (χ0n) is 11.7. The molecule has 0 atom stereocenters. The Bertz CT molecular complexity index is 718. The Balaban J connectivity index is 2.21. The van der Waals surface area contributed by atoms with Gasteiger partial charge in [-0.1, -0.05) is 53.5 Å². The molecule has 8 heteroatoms. The van der Waals surface area contributed by atoms with Crippen LogP contribution in [0.1, 0.15) is 5.56 Å². The normalized spacial score (nSPS) is 12.0. The lowest BCUT2D eigenvalue weighted by molar-refractivity contribution is 0.422. The van der Waals surface area contributed by atoms with E-state index in [0.717, 1.165) is 16.9 Å². The predicted molar refractivity (Wildman–Crippen MR) is 92.3 cm³/mol. The van der Waals surface area contributed by atoms with E-state index >= 15 is 0 Å². The summed E-state index contributed by atoms with van der Waals surface area (Å²) in [5.74, 6) is 0. The van der Waals surface area contributed by atoms with Crippen LogP contribution in [-0.4, -0.2) is 32.4 Å². The van der Waals surface area contributed by atoms with E-state index in [9.17, 15) is 8.42 Å². The maximum absolute atomic E-state index is 12.7. The molecule has 0 saturated carbocycles. The first-order valence-corrected chi connectivity index (χ1v) is 9.65. The topological polar surface area (TPSA) is 63.4 Å².